The van der Waals surface area contributed by atoms with Gasteiger partial charge in [-0.1, -0.05) is 13.0 Å². The molecule has 2 N–H and O–H groups in total. The Morgan fingerprint density at radius 3 is 2.86 bits per heavy atom. The van der Waals surface area contributed by atoms with Gasteiger partial charge in [0, 0.05) is 13.1 Å². The number of nitrogen functional groups attached to an aromatic ring is 1. The van der Waals surface area contributed by atoms with Gasteiger partial charge < -0.3 is 25.0 Å². The van der Waals surface area contributed by atoms with Gasteiger partial charge in [0.2, 0.25) is 5.91 Å². The first-order chi connectivity index (χ1) is 10.7. The van der Waals surface area contributed by atoms with Crippen molar-refractivity contribution in [1.82, 2.24) is 4.90 Å². The summed E-state index contributed by atoms with van der Waals surface area (Å²) in [5.41, 5.74) is 7.60. The summed E-state index contributed by atoms with van der Waals surface area (Å²) in [4.78, 5) is 16.4. The number of morpholine rings is 1. The molecule has 1 saturated heterocycles. The lowest BCUT2D eigenvalue weighted by molar-refractivity contribution is -0.133. The van der Waals surface area contributed by atoms with E-state index < -0.39 is 0 Å². The first-order valence-electron chi connectivity index (χ1n) is 7.84. The Hall–Kier alpha value is -1.95. The van der Waals surface area contributed by atoms with Gasteiger partial charge in [-0.15, -0.1) is 0 Å². The maximum atomic E-state index is 12.5. The summed E-state index contributed by atoms with van der Waals surface area (Å²) in [5, 5.41) is 0. The van der Waals surface area contributed by atoms with Crippen LogP contribution in [-0.2, 0) is 9.53 Å². The molecule has 1 amide bonds. The number of benzene rings is 1. The molecule has 0 aliphatic carbocycles. The predicted molar refractivity (Wildman–Crippen MR) is 85.2 cm³/mol. The highest BCUT2D eigenvalue weighted by atomic mass is 16.5. The lowest BCUT2D eigenvalue weighted by atomic mass is 10.1. The lowest BCUT2D eigenvalue weighted by Gasteiger charge is -2.37. The highest BCUT2D eigenvalue weighted by molar-refractivity contribution is 5.85. The highest BCUT2D eigenvalue weighted by Crippen LogP contribution is 2.38. The normalized spacial score (nSPS) is 21.2. The van der Waals surface area contributed by atoms with Crippen LogP contribution in [0, 0.1) is 0 Å². The van der Waals surface area contributed by atoms with Crippen LogP contribution in [-0.4, -0.2) is 56.3 Å². The van der Waals surface area contributed by atoms with Gasteiger partial charge in [0.1, 0.15) is 17.5 Å². The summed E-state index contributed by atoms with van der Waals surface area (Å²) >= 11 is 0. The highest BCUT2D eigenvalue weighted by Gasteiger charge is 2.29. The first-order valence-corrected chi connectivity index (χ1v) is 7.84. The van der Waals surface area contributed by atoms with Crippen molar-refractivity contribution >= 4 is 17.3 Å². The fraction of sp³-hybridized carbons (Fsp3) is 0.562. The number of ether oxygens (including phenoxy) is 2. The van der Waals surface area contributed by atoms with Crippen LogP contribution in [0.2, 0.25) is 0 Å². The minimum absolute atomic E-state index is 0.0896. The Bertz CT molecular complexity index is 543. The smallest absolute Gasteiger partial charge is 0.242 e. The molecular weight excluding hydrogens is 282 g/mol. The summed E-state index contributed by atoms with van der Waals surface area (Å²) < 4.78 is 11.3. The molecule has 0 radical (unpaired) electrons. The van der Waals surface area contributed by atoms with Gasteiger partial charge in [0.25, 0.3) is 0 Å². The quantitative estimate of drug-likeness (QED) is 0.847. The van der Waals surface area contributed by atoms with Crippen molar-refractivity contribution in [2.45, 2.75) is 19.4 Å². The van der Waals surface area contributed by atoms with Crippen molar-refractivity contribution in [3.63, 3.8) is 0 Å². The van der Waals surface area contributed by atoms with E-state index in [0.29, 0.717) is 45.1 Å². The summed E-state index contributed by atoms with van der Waals surface area (Å²) in [6, 6.07) is 5.65. The van der Waals surface area contributed by atoms with E-state index in [2.05, 4.69) is 11.8 Å². The molecule has 1 aromatic rings. The second kappa shape index (κ2) is 6.44. The van der Waals surface area contributed by atoms with Crippen LogP contribution in [0.1, 0.15) is 13.3 Å². The largest absolute Gasteiger partial charge is 0.486 e. The molecule has 2 aliphatic rings. The Labute approximate surface area is 130 Å². The number of hydrogen-bond donors (Lipinski definition) is 1. The minimum atomic E-state index is 0.0896. The van der Waals surface area contributed by atoms with Gasteiger partial charge in [-0.25, -0.2) is 0 Å². The summed E-state index contributed by atoms with van der Waals surface area (Å²) in [6.45, 7) is 5.67. The fourth-order valence-electron chi connectivity index (χ4n) is 2.96. The third kappa shape index (κ3) is 2.97. The number of hydrogen-bond acceptors (Lipinski definition) is 5. The van der Waals surface area contributed by atoms with Crippen molar-refractivity contribution < 1.29 is 14.3 Å². The monoisotopic (exact) mass is 305 g/mol. The Morgan fingerprint density at radius 2 is 2.14 bits per heavy atom. The van der Waals surface area contributed by atoms with E-state index in [9.17, 15) is 4.79 Å². The number of carbonyl (C=O) groups is 1. The lowest BCUT2D eigenvalue weighted by Crippen LogP contribution is -2.49. The van der Waals surface area contributed by atoms with Crippen molar-refractivity contribution in [3.8, 4) is 5.75 Å². The van der Waals surface area contributed by atoms with Gasteiger partial charge in [0.05, 0.1) is 32.0 Å². The molecule has 0 spiro atoms. The molecular formula is C16H23N3O3. The number of carbonyl (C=O) groups excluding carboxylic acids is 1. The van der Waals surface area contributed by atoms with Gasteiger partial charge in [-0.3, -0.25) is 4.79 Å². The molecule has 1 atom stereocenters. The van der Waals surface area contributed by atoms with E-state index in [1.54, 1.807) is 0 Å². The van der Waals surface area contributed by atoms with Crippen molar-refractivity contribution in [1.29, 1.82) is 0 Å². The second-order valence-electron chi connectivity index (χ2n) is 5.72. The van der Waals surface area contributed by atoms with Crippen molar-refractivity contribution in [2.75, 3.05) is 50.0 Å². The summed E-state index contributed by atoms with van der Waals surface area (Å²) in [6.07, 6.45) is 0.989. The van der Waals surface area contributed by atoms with E-state index in [1.165, 1.54) is 0 Å². The number of fused-ring (bicyclic) bond motifs is 1. The van der Waals surface area contributed by atoms with Gasteiger partial charge in [-0.05, 0) is 18.6 Å². The third-order valence-corrected chi connectivity index (χ3v) is 4.21. The topological polar surface area (TPSA) is 68.0 Å². The predicted octanol–water partition coefficient (Wildman–Crippen LogP) is 1.10. The standard InChI is InChI=1S/C16H23N3O3/c1-2-12-10-19(11-15(20)18-6-8-21-9-7-18)16-13(17)4-3-5-14(16)22-12/h3-5,12H,2,6-11,17H2,1H3. The van der Waals surface area contributed by atoms with E-state index in [1.807, 2.05) is 23.1 Å². The van der Waals surface area contributed by atoms with Crippen LogP contribution in [0.4, 0.5) is 11.4 Å². The zero-order chi connectivity index (χ0) is 15.5. The molecule has 0 aromatic heterocycles. The average Bonchev–Trinajstić information content (AvgIpc) is 2.55. The zero-order valence-electron chi connectivity index (χ0n) is 13.0. The number of rotatable bonds is 3. The number of amides is 1. The molecule has 1 aromatic carbocycles. The van der Waals surface area contributed by atoms with Crippen LogP contribution >= 0.6 is 0 Å². The first kappa shape index (κ1) is 15.0. The minimum Gasteiger partial charge on any atom is -0.486 e. The molecule has 6 nitrogen and oxygen atoms in total. The zero-order valence-corrected chi connectivity index (χ0v) is 13.0. The maximum Gasteiger partial charge on any atom is 0.242 e. The summed E-state index contributed by atoms with van der Waals surface area (Å²) in [7, 11) is 0. The number of anilines is 2. The number of para-hydroxylation sites is 1. The fourth-order valence-corrected chi connectivity index (χ4v) is 2.96. The van der Waals surface area contributed by atoms with Crippen molar-refractivity contribution in [2.24, 2.45) is 0 Å². The molecule has 0 bridgehead atoms. The van der Waals surface area contributed by atoms with Crippen LogP contribution in [0.25, 0.3) is 0 Å². The van der Waals surface area contributed by atoms with Gasteiger partial charge in [0.15, 0.2) is 0 Å². The van der Waals surface area contributed by atoms with Crippen LogP contribution in [0.3, 0.4) is 0 Å². The Kier molecular flexibility index (Phi) is 4.38. The molecule has 2 aliphatic heterocycles. The second-order valence-corrected chi connectivity index (χ2v) is 5.72. The number of nitrogens with zero attached hydrogens (tertiary/aromatic N) is 2. The van der Waals surface area contributed by atoms with Crippen molar-refractivity contribution in [3.05, 3.63) is 18.2 Å². The molecule has 1 fully saturated rings. The van der Waals surface area contributed by atoms with E-state index in [4.69, 9.17) is 15.2 Å². The average molecular weight is 305 g/mol. The molecule has 0 saturated carbocycles. The van der Waals surface area contributed by atoms with E-state index >= 15 is 0 Å². The molecule has 2 heterocycles. The van der Waals surface area contributed by atoms with Crippen LogP contribution in [0.5, 0.6) is 5.75 Å². The molecule has 6 heteroatoms. The van der Waals surface area contributed by atoms with Crippen LogP contribution in [0.15, 0.2) is 18.2 Å². The van der Waals surface area contributed by atoms with Gasteiger partial charge >= 0.3 is 0 Å². The molecule has 3 rings (SSSR count). The summed E-state index contributed by atoms with van der Waals surface area (Å²) in [5.74, 6) is 0.891. The molecule has 120 valence electrons. The van der Waals surface area contributed by atoms with E-state index in [-0.39, 0.29) is 12.0 Å². The van der Waals surface area contributed by atoms with E-state index in [0.717, 1.165) is 17.9 Å². The Morgan fingerprint density at radius 1 is 1.36 bits per heavy atom. The molecule has 1 unspecified atom stereocenters. The Balaban J connectivity index is 1.79. The maximum absolute atomic E-state index is 12.5. The number of nitrogens with two attached hydrogens (primary N) is 1. The molecule has 22 heavy (non-hydrogen) atoms. The van der Waals surface area contributed by atoms with Gasteiger partial charge in [-0.2, -0.15) is 0 Å². The van der Waals surface area contributed by atoms with Crippen LogP contribution < -0.4 is 15.4 Å². The SMILES string of the molecule is CCC1CN(CC(=O)N2CCOCC2)c2c(N)cccc2O1. The third-order valence-electron chi connectivity index (χ3n) is 4.21.